The molecule has 0 spiro atoms. The summed E-state index contributed by atoms with van der Waals surface area (Å²) < 4.78 is 25.8. The van der Waals surface area contributed by atoms with Gasteiger partial charge in [-0.15, -0.1) is 0 Å². The van der Waals surface area contributed by atoms with Crippen LogP contribution in [-0.2, 0) is 0 Å². The molecular formula is C13H12F2N2. The van der Waals surface area contributed by atoms with E-state index in [4.69, 9.17) is 0 Å². The molecule has 2 rings (SSSR count). The van der Waals surface area contributed by atoms with E-state index in [9.17, 15) is 8.78 Å². The number of halogens is 2. The quantitative estimate of drug-likeness (QED) is 0.878. The fourth-order valence-corrected chi connectivity index (χ4v) is 1.57. The lowest BCUT2D eigenvalue weighted by atomic mass is 10.1. The highest BCUT2D eigenvalue weighted by Crippen LogP contribution is 2.20. The summed E-state index contributed by atoms with van der Waals surface area (Å²) >= 11 is 0. The van der Waals surface area contributed by atoms with Crippen molar-refractivity contribution in [3.8, 4) is 0 Å². The molecule has 2 nitrogen and oxygen atoms in total. The monoisotopic (exact) mass is 234 g/mol. The fraction of sp³-hybridized carbons (Fsp3) is 0.154. The molecule has 0 amide bonds. The summed E-state index contributed by atoms with van der Waals surface area (Å²) in [5, 5.41) is 3.09. The van der Waals surface area contributed by atoms with Crippen LogP contribution < -0.4 is 5.32 Å². The molecule has 0 bridgehead atoms. The van der Waals surface area contributed by atoms with Gasteiger partial charge in [0, 0.05) is 30.2 Å². The summed E-state index contributed by atoms with van der Waals surface area (Å²) in [7, 11) is 0. The molecule has 0 saturated carbocycles. The number of nitrogens with one attached hydrogen (secondary N) is 1. The minimum absolute atomic E-state index is 0.00265. The number of aromatic nitrogens is 1. The Kier molecular flexibility index (Phi) is 3.32. The molecule has 1 aromatic carbocycles. The Morgan fingerprint density at radius 2 is 1.76 bits per heavy atom. The zero-order valence-corrected chi connectivity index (χ0v) is 9.32. The van der Waals surface area contributed by atoms with Crippen LogP contribution in [0.2, 0.25) is 0 Å². The van der Waals surface area contributed by atoms with Crippen LogP contribution >= 0.6 is 0 Å². The van der Waals surface area contributed by atoms with E-state index < -0.39 is 11.6 Å². The number of rotatable bonds is 3. The van der Waals surface area contributed by atoms with Gasteiger partial charge in [0.15, 0.2) is 11.6 Å². The van der Waals surface area contributed by atoms with Gasteiger partial charge in [0.1, 0.15) is 0 Å². The van der Waals surface area contributed by atoms with Gasteiger partial charge in [-0.05, 0) is 36.8 Å². The molecule has 88 valence electrons. The highest BCUT2D eigenvalue weighted by molar-refractivity contribution is 5.45. The molecule has 0 radical (unpaired) electrons. The molecule has 0 fully saturated rings. The van der Waals surface area contributed by atoms with Gasteiger partial charge in [0.25, 0.3) is 0 Å². The van der Waals surface area contributed by atoms with Gasteiger partial charge < -0.3 is 5.32 Å². The molecule has 1 atom stereocenters. The molecule has 4 heteroatoms. The molecule has 1 aromatic heterocycles. The van der Waals surface area contributed by atoms with Crippen LogP contribution in [0.1, 0.15) is 18.5 Å². The first kappa shape index (κ1) is 11.5. The minimum Gasteiger partial charge on any atom is -0.378 e. The predicted molar refractivity (Wildman–Crippen MR) is 62.6 cm³/mol. The maximum atomic E-state index is 13.0. The molecule has 0 aliphatic heterocycles. The Morgan fingerprint density at radius 1 is 1.06 bits per heavy atom. The van der Waals surface area contributed by atoms with Gasteiger partial charge >= 0.3 is 0 Å². The third kappa shape index (κ3) is 2.78. The van der Waals surface area contributed by atoms with Crippen molar-refractivity contribution in [1.29, 1.82) is 0 Å². The van der Waals surface area contributed by atoms with Crippen LogP contribution in [0.15, 0.2) is 42.7 Å². The number of pyridine rings is 1. The summed E-state index contributed by atoms with van der Waals surface area (Å²) in [6.45, 7) is 1.94. The van der Waals surface area contributed by atoms with Crippen molar-refractivity contribution in [2.75, 3.05) is 5.32 Å². The Balaban J connectivity index is 2.13. The first-order valence-electron chi connectivity index (χ1n) is 5.28. The fourth-order valence-electron chi connectivity index (χ4n) is 1.57. The zero-order chi connectivity index (χ0) is 12.3. The molecule has 0 saturated heterocycles. The maximum Gasteiger partial charge on any atom is 0.160 e. The van der Waals surface area contributed by atoms with Gasteiger partial charge in [-0.2, -0.15) is 0 Å². The lowest BCUT2D eigenvalue weighted by Gasteiger charge is -2.15. The van der Waals surface area contributed by atoms with E-state index in [1.807, 2.05) is 19.1 Å². The van der Waals surface area contributed by atoms with Gasteiger partial charge in [0.2, 0.25) is 0 Å². The number of anilines is 1. The SMILES string of the molecule is CC(Nc1ccc(F)c(F)c1)c1ccncc1. The van der Waals surface area contributed by atoms with Crippen LogP contribution in [0.3, 0.4) is 0 Å². The van der Waals surface area contributed by atoms with E-state index >= 15 is 0 Å². The first-order chi connectivity index (χ1) is 8.16. The summed E-state index contributed by atoms with van der Waals surface area (Å²) in [5.41, 5.74) is 1.58. The number of hydrogen-bond acceptors (Lipinski definition) is 2. The Bertz CT molecular complexity index is 500. The number of hydrogen-bond donors (Lipinski definition) is 1. The molecule has 0 aliphatic rings. The Morgan fingerprint density at radius 3 is 2.41 bits per heavy atom. The van der Waals surface area contributed by atoms with Gasteiger partial charge in [-0.1, -0.05) is 0 Å². The smallest absolute Gasteiger partial charge is 0.160 e. The largest absolute Gasteiger partial charge is 0.378 e. The highest BCUT2D eigenvalue weighted by atomic mass is 19.2. The summed E-state index contributed by atoms with van der Waals surface area (Å²) in [6.07, 6.45) is 3.39. The van der Waals surface area contributed by atoms with Crippen molar-refractivity contribution in [2.45, 2.75) is 13.0 Å². The minimum atomic E-state index is -0.850. The second-order valence-electron chi connectivity index (χ2n) is 3.78. The van der Waals surface area contributed by atoms with Gasteiger partial charge in [0.05, 0.1) is 0 Å². The summed E-state index contributed by atoms with van der Waals surface area (Å²) in [5.74, 6) is -1.69. The van der Waals surface area contributed by atoms with Crippen molar-refractivity contribution < 1.29 is 8.78 Å². The van der Waals surface area contributed by atoms with Crippen LogP contribution in [-0.4, -0.2) is 4.98 Å². The van der Waals surface area contributed by atoms with Crippen molar-refractivity contribution >= 4 is 5.69 Å². The maximum absolute atomic E-state index is 13.0. The average molecular weight is 234 g/mol. The molecule has 0 aliphatic carbocycles. The van der Waals surface area contributed by atoms with E-state index in [1.165, 1.54) is 6.07 Å². The molecular weight excluding hydrogens is 222 g/mol. The molecule has 17 heavy (non-hydrogen) atoms. The molecule has 1 unspecified atom stereocenters. The number of benzene rings is 1. The van der Waals surface area contributed by atoms with E-state index in [2.05, 4.69) is 10.3 Å². The Labute approximate surface area is 98.3 Å². The standard InChI is InChI=1S/C13H12F2N2/c1-9(10-4-6-16-7-5-10)17-11-2-3-12(14)13(15)8-11/h2-9,17H,1H3. The van der Waals surface area contributed by atoms with Gasteiger partial charge in [-0.3, -0.25) is 4.98 Å². The third-order valence-electron chi connectivity index (χ3n) is 2.51. The second kappa shape index (κ2) is 4.91. The van der Waals surface area contributed by atoms with Gasteiger partial charge in [-0.25, -0.2) is 8.78 Å². The van der Waals surface area contributed by atoms with Crippen molar-refractivity contribution in [3.05, 3.63) is 59.9 Å². The van der Waals surface area contributed by atoms with Crippen LogP contribution in [0.25, 0.3) is 0 Å². The summed E-state index contributed by atoms with van der Waals surface area (Å²) in [6, 6.07) is 7.51. The molecule has 1 heterocycles. The van der Waals surface area contributed by atoms with Crippen molar-refractivity contribution in [2.24, 2.45) is 0 Å². The molecule has 1 N–H and O–H groups in total. The van der Waals surface area contributed by atoms with Crippen LogP contribution in [0, 0.1) is 11.6 Å². The lowest BCUT2D eigenvalue weighted by molar-refractivity contribution is 0.509. The van der Waals surface area contributed by atoms with E-state index in [0.717, 1.165) is 17.7 Å². The van der Waals surface area contributed by atoms with Crippen LogP contribution in [0.5, 0.6) is 0 Å². The second-order valence-corrected chi connectivity index (χ2v) is 3.78. The topological polar surface area (TPSA) is 24.9 Å². The first-order valence-corrected chi connectivity index (χ1v) is 5.28. The predicted octanol–water partition coefficient (Wildman–Crippen LogP) is 3.53. The van der Waals surface area contributed by atoms with E-state index in [0.29, 0.717) is 5.69 Å². The summed E-state index contributed by atoms with van der Waals surface area (Å²) in [4.78, 5) is 3.92. The normalized spacial score (nSPS) is 12.2. The van der Waals surface area contributed by atoms with Crippen molar-refractivity contribution in [1.82, 2.24) is 4.98 Å². The molecule has 2 aromatic rings. The average Bonchev–Trinajstić information content (AvgIpc) is 2.35. The number of nitrogens with zero attached hydrogens (tertiary/aromatic N) is 1. The zero-order valence-electron chi connectivity index (χ0n) is 9.32. The van der Waals surface area contributed by atoms with E-state index in [1.54, 1.807) is 12.4 Å². The lowest BCUT2D eigenvalue weighted by Crippen LogP contribution is -2.06. The Hall–Kier alpha value is -1.97. The third-order valence-corrected chi connectivity index (χ3v) is 2.51. The van der Waals surface area contributed by atoms with Crippen molar-refractivity contribution in [3.63, 3.8) is 0 Å². The van der Waals surface area contributed by atoms with E-state index in [-0.39, 0.29) is 6.04 Å². The highest BCUT2D eigenvalue weighted by Gasteiger charge is 2.07. The van der Waals surface area contributed by atoms with Crippen LogP contribution in [0.4, 0.5) is 14.5 Å².